The summed E-state index contributed by atoms with van der Waals surface area (Å²) in [7, 11) is 0. The van der Waals surface area contributed by atoms with Crippen molar-refractivity contribution in [2.45, 2.75) is 0 Å². The summed E-state index contributed by atoms with van der Waals surface area (Å²) in [5.74, 6) is -0.00230. The van der Waals surface area contributed by atoms with E-state index in [2.05, 4.69) is 0 Å². The second kappa shape index (κ2) is 7.41. The van der Waals surface area contributed by atoms with Crippen molar-refractivity contribution in [1.82, 2.24) is 0 Å². The molecule has 0 aliphatic heterocycles. The first-order valence-corrected chi connectivity index (χ1v) is 7.87. The third-order valence-corrected chi connectivity index (χ3v) is 3.74. The summed E-state index contributed by atoms with van der Waals surface area (Å²) < 4.78 is 0. The molecule has 25 heavy (non-hydrogen) atoms. The Balaban J connectivity index is 1.69. The molecule has 3 rings (SSSR count). The number of phenols is 3. The summed E-state index contributed by atoms with van der Waals surface area (Å²) in [6.45, 7) is 0. The SMILES string of the molecule is Oc1cccc(/C=C/c2ccc(/C=C/c3ccc(O)c(O)c3)cc2)c1. The second-order valence-electron chi connectivity index (χ2n) is 5.68. The van der Waals surface area contributed by atoms with Gasteiger partial charge >= 0.3 is 0 Å². The van der Waals surface area contributed by atoms with Gasteiger partial charge in [0.15, 0.2) is 11.5 Å². The van der Waals surface area contributed by atoms with Crippen molar-refractivity contribution >= 4 is 24.3 Å². The lowest BCUT2D eigenvalue weighted by molar-refractivity contribution is 0.403. The van der Waals surface area contributed by atoms with Gasteiger partial charge in [-0.05, 0) is 46.5 Å². The van der Waals surface area contributed by atoms with E-state index in [0.29, 0.717) is 0 Å². The van der Waals surface area contributed by atoms with Crippen molar-refractivity contribution in [3.8, 4) is 17.2 Å². The lowest BCUT2D eigenvalue weighted by atomic mass is 10.1. The molecule has 0 saturated carbocycles. The largest absolute Gasteiger partial charge is 0.508 e. The molecule has 0 fully saturated rings. The van der Waals surface area contributed by atoms with Crippen LogP contribution in [0.2, 0.25) is 0 Å². The van der Waals surface area contributed by atoms with Crippen LogP contribution in [0.5, 0.6) is 17.2 Å². The molecular formula is C22H18O3. The van der Waals surface area contributed by atoms with Gasteiger partial charge in [0.2, 0.25) is 0 Å². The van der Waals surface area contributed by atoms with Crippen molar-refractivity contribution in [2.75, 3.05) is 0 Å². The quantitative estimate of drug-likeness (QED) is 0.458. The highest BCUT2D eigenvalue weighted by Crippen LogP contribution is 2.25. The zero-order valence-corrected chi connectivity index (χ0v) is 13.5. The first-order valence-electron chi connectivity index (χ1n) is 7.87. The minimum Gasteiger partial charge on any atom is -0.508 e. The summed E-state index contributed by atoms with van der Waals surface area (Å²) in [6.07, 6.45) is 7.75. The molecule has 0 atom stereocenters. The van der Waals surface area contributed by atoms with E-state index >= 15 is 0 Å². The Morgan fingerprint density at radius 3 is 1.56 bits per heavy atom. The molecule has 0 aromatic heterocycles. The molecule has 3 aromatic rings. The van der Waals surface area contributed by atoms with Crippen LogP contribution < -0.4 is 0 Å². The minimum atomic E-state index is -0.130. The van der Waals surface area contributed by atoms with Crippen molar-refractivity contribution in [3.63, 3.8) is 0 Å². The number of aromatic hydroxyl groups is 3. The van der Waals surface area contributed by atoms with Gasteiger partial charge in [-0.3, -0.25) is 0 Å². The van der Waals surface area contributed by atoms with E-state index in [-0.39, 0.29) is 17.2 Å². The Bertz CT molecular complexity index is 922. The fraction of sp³-hybridized carbons (Fsp3) is 0. The lowest BCUT2D eigenvalue weighted by Crippen LogP contribution is -1.76. The van der Waals surface area contributed by atoms with Crippen molar-refractivity contribution in [3.05, 3.63) is 89.0 Å². The molecule has 0 unspecified atom stereocenters. The third-order valence-electron chi connectivity index (χ3n) is 3.74. The molecule has 0 amide bonds. The second-order valence-corrected chi connectivity index (χ2v) is 5.68. The van der Waals surface area contributed by atoms with Crippen molar-refractivity contribution in [1.29, 1.82) is 0 Å². The van der Waals surface area contributed by atoms with E-state index in [1.807, 2.05) is 60.7 Å². The summed E-state index contributed by atoms with van der Waals surface area (Å²) >= 11 is 0. The van der Waals surface area contributed by atoms with E-state index in [0.717, 1.165) is 22.3 Å². The van der Waals surface area contributed by atoms with Gasteiger partial charge in [0.1, 0.15) is 5.75 Å². The summed E-state index contributed by atoms with van der Waals surface area (Å²) in [5.41, 5.74) is 3.84. The molecule has 124 valence electrons. The Kier molecular flexibility index (Phi) is 4.86. The highest BCUT2D eigenvalue weighted by atomic mass is 16.3. The van der Waals surface area contributed by atoms with Crippen molar-refractivity contribution < 1.29 is 15.3 Å². The first-order chi connectivity index (χ1) is 12.1. The van der Waals surface area contributed by atoms with E-state index in [9.17, 15) is 15.3 Å². The average Bonchev–Trinajstić information content (AvgIpc) is 2.62. The van der Waals surface area contributed by atoms with Gasteiger partial charge in [-0.15, -0.1) is 0 Å². The standard InChI is InChI=1S/C22H18O3/c23-20-3-1-2-18(14-20)10-8-16-4-6-17(7-5-16)9-11-19-12-13-21(24)22(25)15-19/h1-15,23-25H/b10-8+,11-9+. The van der Waals surface area contributed by atoms with Gasteiger partial charge in [0.05, 0.1) is 0 Å². The molecule has 0 saturated heterocycles. The number of hydrogen-bond acceptors (Lipinski definition) is 3. The zero-order chi connectivity index (χ0) is 17.6. The zero-order valence-electron chi connectivity index (χ0n) is 13.5. The fourth-order valence-electron chi connectivity index (χ4n) is 2.38. The molecule has 0 aliphatic rings. The fourth-order valence-corrected chi connectivity index (χ4v) is 2.38. The minimum absolute atomic E-state index is 0.125. The van der Waals surface area contributed by atoms with Crippen LogP contribution in [-0.4, -0.2) is 15.3 Å². The van der Waals surface area contributed by atoms with Gasteiger partial charge in [-0.1, -0.05) is 66.8 Å². The van der Waals surface area contributed by atoms with Gasteiger partial charge in [-0.25, -0.2) is 0 Å². The highest BCUT2D eigenvalue weighted by Gasteiger charge is 1.98. The van der Waals surface area contributed by atoms with E-state index < -0.39 is 0 Å². The molecule has 3 aromatic carbocycles. The number of benzene rings is 3. The summed E-state index contributed by atoms with van der Waals surface area (Å²) in [6, 6.07) is 19.8. The van der Waals surface area contributed by atoms with Crippen LogP contribution in [0.4, 0.5) is 0 Å². The lowest BCUT2D eigenvalue weighted by Gasteiger charge is -2.00. The topological polar surface area (TPSA) is 60.7 Å². The van der Waals surface area contributed by atoms with Crippen molar-refractivity contribution in [2.24, 2.45) is 0 Å². The van der Waals surface area contributed by atoms with Crippen LogP contribution in [0.15, 0.2) is 66.7 Å². The molecule has 3 heteroatoms. The Hall–Kier alpha value is -3.46. The maximum absolute atomic E-state index is 9.50. The maximum Gasteiger partial charge on any atom is 0.157 e. The molecule has 0 aliphatic carbocycles. The Labute approximate surface area is 146 Å². The van der Waals surface area contributed by atoms with E-state index in [1.54, 1.807) is 18.2 Å². The monoisotopic (exact) mass is 330 g/mol. The van der Waals surface area contributed by atoms with Crippen LogP contribution in [0.3, 0.4) is 0 Å². The van der Waals surface area contributed by atoms with Gasteiger partial charge in [-0.2, -0.15) is 0 Å². The van der Waals surface area contributed by atoms with Crippen LogP contribution >= 0.6 is 0 Å². The number of rotatable bonds is 4. The Morgan fingerprint density at radius 1 is 0.480 bits per heavy atom. The predicted molar refractivity (Wildman–Crippen MR) is 102 cm³/mol. The molecular weight excluding hydrogens is 312 g/mol. The van der Waals surface area contributed by atoms with Crippen LogP contribution in [0, 0.1) is 0 Å². The van der Waals surface area contributed by atoms with Crippen LogP contribution in [0.25, 0.3) is 24.3 Å². The third kappa shape index (κ3) is 4.52. The highest BCUT2D eigenvalue weighted by molar-refractivity contribution is 5.73. The maximum atomic E-state index is 9.50. The van der Waals surface area contributed by atoms with Gasteiger partial charge in [0.25, 0.3) is 0 Å². The van der Waals surface area contributed by atoms with Crippen LogP contribution in [-0.2, 0) is 0 Å². The number of hydrogen-bond donors (Lipinski definition) is 3. The van der Waals surface area contributed by atoms with Crippen LogP contribution in [0.1, 0.15) is 22.3 Å². The molecule has 3 N–H and O–H groups in total. The first kappa shape index (κ1) is 16.4. The molecule has 0 radical (unpaired) electrons. The number of phenolic OH excluding ortho intramolecular Hbond substituents is 3. The molecule has 0 bridgehead atoms. The van der Waals surface area contributed by atoms with E-state index in [1.165, 1.54) is 12.1 Å². The molecule has 3 nitrogen and oxygen atoms in total. The summed E-state index contributed by atoms with van der Waals surface area (Å²) in [4.78, 5) is 0. The average molecular weight is 330 g/mol. The molecule has 0 spiro atoms. The Morgan fingerprint density at radius 2 is 1.00 bits per heavy atom. The smallest absolute Gasteiger partial charge is 0.157 e. The normalized spacial score (nSPS) is 11.4. The predicted octanol–water partition coefficient (Wildman–Crippen LogP) is 5.14. The van der Waals surface area contributed by atoms with E-state index in [4.69, 9.17) is 0 Å². The molecule has 0 heterocycles. The summed E-state index contributed by atoms with van der Waals surface area (Å²) in [5, 5.41) is 28.3. The van der Waals surface area contributed by atoms with Gasteiger partial charge in [0, 0.05) is 0 Å². The van der Waals surface area contributed by atoms with Gasteiger partial charge < -0.3 is 15.3 Å².